The number of hydrogen-bond acceptors (Lipinski definition) is 6. The predicted molar refractivity (Wildman–Crippen MR) is 106 cm³/mol. The summed E-state index contributed by atoms with van der Waals surface area (Å²) in [4.78, 5) is 33.2. The van der Waals surface area contributed by atoms with E-state index in [1.54, 1.807) is 22.9 Å². The van der Waals surface area contributed by atoms with E-state index in [2.05, 4.69) is 36.0 Å². The molecule has 7 nitrogen and oxygen atoms in total. The van der Waals surface area contributed by atoms with Gasteiger partial charge >= 0.3 is 0 Å². The Morgan fingerprint density at radius 3 is 2.74 bits per heavy atom. The number of ether oxygens (including phenoxy) is 1. The van der Waals surface area contributed by atoms with Gasteiger partial charge < -0.3 is 19.9 Å². The molecule has 3 fully saturated rings. The van der Waals surface area contributed by atoms with Gasteiger partial charge in [-0.2, -0.15) is 0 Å². The Balaban J connectivity index is 1.41. The maximum absolute atomic E-state index is 12.7. The molecule has 0 unspecified atom stereocenters. The first-order valence-corrected chi connectivity index (χ1v) is 10.5. The fraction of sp³-hybridized carbons (Fsp3) is 0.632. The fourth-order valence-electron chi connectivity index (χ4n) is 4.25. The van der Waals surface area contributed by atoms with Gasteiger partial charge in [0.1, 0.15) is 11.9 Å². The third kappa shape index (κ3) is 3.52. The monoisotopic (exact) mass is 390 g/mol. The van der Waals surface area contributed by atoms with E-state index in [9.17, 15) is 9.59 Å². The van der Waals surface area contributed by atoms with Gasteiger partial charge in [0.15, 0.2) is 0 Å². The normalized spacial score (nSPS) is 33.3. The lowest BCUT2D eigenvalue weighted by molar-refractivity contribution is -0.135. The predicted octanol–water partition coefficient (Wildman–Crippen LogP) is 2.09. The van der Waals surface area contributed by atoms with Crippen LogP contribution in [0.3, 0.4) is 0 Å². The summed E-state index contributed by atoms with van der Waals surface area (Å²) in [6, 6.07) is 3.39. The number of amides is 2. The largest absolute Gasteiger partial charge is 0.372 e. The van der Waals surface area contributed by atoms with Crippen LogP contribution in [0.15, 0.2) is 18.3 Å². The van der Waals surface area contributed by atoms with Crippen LogP contribution in [0.1, 0.15) is 33.6 Å². The highest BCUT2D eigenvalue weighted by atomic mass is 32.2. The topological polar surface area (TPSA) is 74.8 Å². The molecule has 0 bridgehead atoms. The van der Waals surface area contributed by atoms with Gasteiger partial charge in [-0.05, 0) is 39.3 Å². The standard InChI is InChI=1S/C19H26N4O3S/c1-12-9-22(10-13(2)26-12)16-5-4-14(8-20-16)21-18(25)15-11-27-19(3)7-6-17(24)23(15)19/h4-5,8,12-13,15H,6-7,9-11H2,1-3H3,(H,21,25)/t12-,13+,15-,19-/m0/s1. The van der Waals surface area contributed by atoms with E-state index in [1.165, 1.54) is 0 Å². The van der Waals surface area contributed by atoms with E-state index in [4.69, 9.17) is 4.74 Å². The molecule has 1 N–H and O–H groups in total. The van der Waals surface area contributed by atoms with Crippen LogP contribution in [-0.4, -0.2) is 63.7 Å². The maximum Gasteiger partial charge on any atom is 0.248 e. The van der Waals surface area contributed by atoms with Gasteiger partial charge in [-0.3, -0.25) is 9.59 Å². The van der Waals surface area contributed by atoms with Crippen molar-refractivity contribution >= 4 is 35.1 Å². The van der Waals surface area contributed by atoms with Crippen LogP contribution in [0.5, 0.6) is 0 Å². The second-order valence-electron chi connectivity index (χ2n) is 7.82. The van der Waals surface area contributed by atoms with Gasteiger partial charge in [-0.25, -0.2) is 4.98 Å². The van der Waals surface area contributed by atoms with Crippen molar-refractivity contribution in [1.82, 2.24) is 9.88 Å². The summed E-state index contributed by atoms with van der Waals surface area (Å²) in [7, 11) is 0. The van der Waals surface area contributed by atoms with E-state index >= 15 is 0 Å². The molecule has 0 spiro atoms. The number of carbonyl (C=O) groups is 2. The minimum Gasteiger partial charge on any atom is -0.372 e. The zero-order chi connectivity index (χ0) is 19.2. The van der Waals surface area contributed by atoms with Crippen LogP contribution < -0.4 is 10.2 Å². The number of nitrogens with zero attached hydrogens (tertiary/aromatic N) is 3. The number of hydrogen-bond donors (Lipinski definition) is 1. The molecule has 0 aromatic carbocycles. The molecule has 3 aliphatic rings. The number of carbonyl (C=O) groups excluding carboxylic acids is 2. The third-order valence-corrected chi connectivity index (χ3v) is 7.01. The van der Waals surface area contributed by atoms with Crippen molar-refractivity contribution in [2.24, 2.45) is 0 Å². The Kier molecular flexibility index (Phi) is 4.80. The lowest BCUT2D eigenvalue weighted by Crippen LogP contribution is -2.48. The van der Waals surface area contributed by atoms with Crippen LogP contribution in [0.2, 0.25) is 0 Å². The molecule has 8 heteroatoms. The second kappa shape index (κ2) is 6.98. The first-order valence-electron chi connectivity index (χ1n) is 9.49. The molecule has 2 amide bonds. The van der Waals surface area contributed by atoms with E-state index in [1.807, 2.05) is 12.1 Å². The highest BCUT2D eigenvalue weighted by molar-refractivity contribution is 8.01. The third-order valence-electron chi connectivity index (χ3n) is 5.51. The molecule has 4 rings (SSSR count). The highest BCUT2D eigenvalue weighted by Gasteiger charge is 2.52. The number of aromatic nitrogens is 1. The molecule has 1 aromatic heterocycles. The first kappa shape index (κ1) is 18.6. The van der Waals surface area contributed by atoms with Crippen LogP contribution in [0, 0.1) is 0 Å². The van der Waals surface area contributed by atoms with Gasteiger partial charge in [0.05, 0.1) is 29.0 Å². The average Bonchev–Trinajstić information content (AvgIpc) is 3.11. The van der Waals surface area contributed by atoms with Gasteiger partial charge in [0, 0.05) is 25.3 Å². The Hall–Kier alpha value is -1.80. The quantitative estimate of drug-likeness (QED) is 0.852. The number of nitrogens with one attached hydrogen (secondary N) is 1. The van der Waals surface area contributed by atoms with E-state index in [0.29, 0.717) is 17.9 Å². The number of thioether (sulfide) groups is 1. The Labute approximate surface area is 163 Å². The zero-order valence-electron chi connectivity index (χ0n) is 16.0. The lowest BCUT2D eigenvalue weighted by Gasteiger charge is -2.36. The molecule has 146 valence electrons. The van der Waals surface area contributed by atoms with Crippen molar-refractivity contribution < 1.29 is 14.3 Å². The van der Waals surface area contributed by atoms with Crippen molar-refractivity contribution in [3.05, 3.63) is 18.3 Å². The summed E-state index contributed by atoms with van der Waals surface area (Å²) >= 11 is 1.70. The molecule has 4 heterocycles. The van der Waals surface area contributed by atoms with Crippen molar-refractivity contribution in [2.45, 2.75) is 56.7 Å². The van der Waals surface area contributed by atoms with Gasteiger partial charge in [0.2, 0.25) is 11.8 Å². The van der Waals surface area contributed by atoms with Crippen LogP contribution in [0.4, 0.5) is 11.5 Å². The van der Waals surface area contributed by atoms with Crippen molar-refractivity contribution in [3.8, 4) is 0 Å². The van der Waals surface area contributed by atoms with Crippen molar-refractivity contribution in [3.63, 3.8) is 0 Å². The Morgan fingerprint density at radius 2 is 2.07 bits per heavy atom. The summed E-state index contributed by atoms with van der Waals surface area (Å²) < 4.78 is 5.76. The number of anilines is 2. The first-order chi connectivity index (χ1) is 12.9. The van der Waals surface area contributed by atoms with Crippen LogP contribution in [0.25, 0.3) is 0 Å². The zero-order valence-corrected chi connectivity index (χ0v) is 16.8. The molecule has 3 saturated heterocycles. The van der Waals surface area contributed by atoms with E-state index < -0.39 is 6.04 Å². The van der Waals surface area contributed by atoms with E-state index in [0.717, 1.165) is 25.3 Å². The average molecular weight is 391 g/mol. The van der Waals surface area contributed by atoms with Gasteiger partial charge in [-0.15, -0.1) is 11.8 Å². The molecular formula is C19H26N4O3S. The van der Waals surface area contributed by atoms with E-state index in [-0.39, 0.29) is 28.9 Å². The summed E-state index contributed by atoms with van der Waals surface area (Å²) in [6.07, 6.45) is 3.36. The molecule has 4 atom stereocenters. The molecular weight excluding hydrogens is 364 g/mol. The highest BCUT2D eigenvalue weighted by Crippen LogP contribution is 2.47. The molecule has 1 aromatic rings. The summed E-state index contributed by atoms with van der Waals surface area (Å²) in [5.74, 6) is 1.47. The van der Waals surface area contributed by atoms with Crippen LogP contribution >= 0.6 is 11.8 Å². The minimum atomic E-state index is -0.407. The number of pyridine rings is 1. The molecule has 27 heavy (non-hydrogen) atoms. The van der Waals surface area contributed by atoms with Gasteiger partial charge in [-0.1, -0.05) is 0 Å². The van der Waals surface area contributed by atoms with Crippen molar-refractivity contribution in [2.75, 3.05) is 29.1 Å². The molecule has 3 aliphatic heterocycles. The maximum atomic E-state index is 12.7. The number of rotatable bonds is 3. The lowest BCUT2D eigenvalue weighted by atomic mass is 10.2. The smallest absolute Gasteiger partial charge is 0.248 e. The minimum absolute atomic E-state index is 0.0756. The molecule has 0 saturated carbocycles. The van der Waals surface area contributed by atoms with Crippen molar-refractivity contribution in [1.29, 1.82) is 0 Å². The SMILES string of the molecule is C[C@@H]1CN(c2ccc(NC(=O)[C@@H]3CS[C@@]4(C)CCC(=O)N34)cn2)C[C@H](C)O1. The van der Waals surface area contributed by atoms with Crippen LogP contribution in [-0.2, 0) is 14.3 Å². The molecule has 0 radical (unpaired) electrons. The Morgan fingerprint density at radius 1 is 1.33 bits per heavy atom. The van der Waals surface area contributed by atoms with Gasteiger partial charge in [0.25, 0.3) is 0 Å². The Bertz CT molecular complexity index is 733. The summed E-state index contributed by atoms with van der Waals surface area (Å²) in [5, 5.41) is 2.93. The second-order valence-corrected chi connectivity index (χ2v) is 9.32. The fourth-order valence-corrected chi connectivity index (χ4v) is 5.68. The summed E-state index contributed by atoms with van der Waals surface area (Å²) in [5.41, 5.74) is 0.656. The summed E-state index contributed by atoms with van der Waals surface area (Å²) in [6.45, 7) is 7.78. The number of morpholine rings is 1. The molecule has 0 aliphatic carbocycles. The number of fused-ring (bicyclic) bond motifs is 1.